The van der Waals surface area contributed by atoms with Gasteiger partial charge in [0.2, 0.25) is 10.0 Å². The zero-order valence-corrected chi connectivity index (χ0v) is 17.9. The summed E-state index contributed by atoms with van der Waals surface area (Å²) in [6, 6.07) is 17.7. The van der Waals surface area contributed by atoms with Crippen molar-refractivity contribution in [1.29, 1.82) is 0 Å². The standard InChI is InChI=1S/C24H20N4O3S/c29-16-17-5-7-21(8-6-17)32(30,31)28-12-10-22-19(15-28)9-11-25-24(22)27-20-13-18-3-1-2-4-23(18)26-14-20/h1-9,11,13-14,16H,10,12,15H2,(H,25,27). The molecule has 1 aliphatic heterocycles. The molecule has 32 heavy (non-hydrogen) atoms. The van der Waals surface area contributed by atoms with Crippen LogP contribution in [0.1, 0.15) is 21.5 Å². The molecule has 2 aromatic carbocycles. The van der Waals surface area contributed by atoms with Crippen molar-refractivity contribution >= 4 is 38.7 Å². The predicted octanol–water partition coefficient (Wildman–Crippen LogP) is 3.93. The first-order valence-electron chi connectivity index (χ1n) is 10.2. The van der Waals surface area contributed by atoms with Crippen LogP contribution in [0.15, 0.2) is 78.0 Å². The third-order valence-electron chi connectivity index (χ3n) is 5.62. The fourth-order valence-electron chi connectivity index (χ4n) is 3.92. The van der Waals surface area contributed by atoms with E-state index in [0.717, 1.165) is 27.7 Å². The Kier molecular flexibility index (Phi) is 5.16. The Morgan fingerprint density at radius 2 is 1.81 bits per heavy atom. The lowest BCUT2D eigenvalue weighted by Gasteiger charge is -2.29. The van der Waals surface area contributed by atoms with Crippen molar-refractivity contribution in [3.63, 3.8) is 0 Å². The van der Waals surface area contributed by atoms with Crippen molar-refractivity contribution in [2.75, 3.05) is 11.9 Å². The number of nitrogens with one attached hydrogen (secondary N) is 1. The molecule has 1 aliphatic rings. The van der Waals surface area contributed by atoms with Crippen LogP contribution in [0.2, 0.25) is 0 Å². The molecule has 0 atom stereocenters. The van der Waals surface area contributed by atoms with E-state index in [4.69, 9.17) is 0 Å². The third-order valence-corrected chi connectivity index (χ3v) is 7.48. The number of hydrogen-bond acceptors (Lipinski definition) is 6. The summed E-state index contributed by atoms with van der Waals surface area (Å²) in [5.41, 5.74) is 4.11. The Bertz CT molecular complexity index is 1420. The molecule has 2 aromatic heterocycles. The molecule has 0 spiro atoms. The lowest BCUT2D eigenvalue weighted by Crippen LogP contribution is -2.36. The van der Waals surface area contributed by atoms with E-state index in [-0.39, 0.29) is 11.4 Å². The van der Waals surface area contributed by atoms with Crippen LogP contribution in [-0.4, -0.2) is 35.5 Å². The molecule has 0 saturated carbocycles. The maximum Gasteiger partial charge on any atom is 0.243 e. The van der Waals surface area contributed by atoms with Crippen LogP contribution in [0, 0.1) is 0 Å². The first-order chi connectivity index (χ1) is 15.5. The van der Waals surface area contributed by atoms with Gasteiger partial charge in [-0.3, -0.25) is 9.78 Å². The second-order valence-corrected chi connectivity index (χ2v) is 9.55. The number of carbonyl (C=O) groups excluding carboxylic acids is 1. The minimum Gasteiger partial charge on any atom is -0.339 e. The van der Waals surface area contributed by atoms with E-state index in [0.29, 0.717) is 30.6 Å². The van der Waals surface area contributed by atoms with Crippen LogP contribution < -0.4 is 5.32 Å². The van der Waals surface area contributed by atoms with E-state index in [1.807, 2.05) is 36.4 Å². The molecule has 0 fully saturated rings. The molecule has 4 aromatic rings. The normalized spacial score (nSPS) is 14.1. The summed E-state index contributed by atoms with van der Waals surface area (Å²) in [6.45, 7) is 0.612. The van der Waals surface area contributed by atoms with Crippen molar-refractivity contribution < 1.29 is 13.2 Å². The molecule has 160 valence electrons. The summed E-state index contributed by atoms with van der Waals surface area (Å²) in [4.78, 5) is 20.0. The van der Waals surface area contributed by atoms with E-state index in [9.17, 15) is 13.2 Å². The predicted molar refractivity (Wildman–Crippen MR) is 122 cm³/mol. The molecule has 8 heteroatoms. The monoisotopic (exact) mass is 444 g/mol. The lowest BCUT2D eigenvalue weighted by molar-refractivity contribution is 0.112. The Morgan fingerprint density at radius 1 is 1.00 bits per heavy atom. The van der Waals surface area contributed by atoms with E-state index in [1.54, 1.807) is 12.4 Å². The van der Waals surface area contributed by atoms with Crippen LogP contribution in [0.4, 0.5) is 11.5 Å². The summed E-state index contributed by atoms with van der Waals surface area (Å²) in [7, 11) is -3.66. The molecule has 3 heterocycles. The highest BCUT2D eigenvalue weighted by Gasteiger charge is 2.29. The van der Waals surface area contributed by atoms with Crippen LogP contribution in [0.5, 0.6) is 0 Å². The molecule has 7 nitrogen and oxygen atoms in total. The first kappa shape index (κ1) is 20.3. The number of nitrogens with zero attached hydrogens (tertiary/aromatic N) is 3. The Morgan fingerprint density at radius 3 is 2.62 bits per heavy atom. The number of carbonyl (C=O) groups is 1. The van der Waals surface area contributed by atoms with Crippen LogP contribution in [0.25, 0.3) is 10.9 Å². The van der Waals surface area contributed by atoms with Gasteiger partial charge in [-0.2, -0.15) is 4.31 Å². The average Bonchev–Trinajstić information content (AvgIpc) is 2.84. The zero-order chi connectivity index (χ0) is 22.1. The van der Waals surface area contributed by atoms with E-state index in [2.05, 4.69) is 15.3 Å². The molecule has 0 unspecified atom stereocenters. The summed E-state index contributed by atoms with van der Waals surface area (Å²) in [6.07, 6.45) is 4.69. The fraction of sp³-hybridized carbons (Fsp3) is 0.125. The first-order valence-corrected chi connectivity index (χ1v) is 11.6. The number of hydrogen-bond donors (Lipinski definition) is 1. The number of sulfonamides is 1. The highest BCUT2D eigenvalue weighted by Crippen LogP contribution is 2.30. The number of benzene rings is 2. The van der Waals surface area contributed by atoms with Crippen LogP contribution in [-0.2, 0) is 23.0 Å². The SMILES string of the molecule is O=Cc1ccc(S(=O)(=O)N2CCc3c(ccnc3Nc3cnc4ccccc4c3)C2)cc1. The van der Waals surface area contributed by atoms with Gasteiger partial charge >= 0.3 is 0 Å². The van der Waals surface area contributed by atoms with Crippen molar-refractivity contribution in [2.45, 2.75) is 17.9 Å². The van der Waals surface area contributed by atoms with Crippen molar-refractivity contribution in [2.24, 2.45) is 0 Å². The van der Waals surface area contributed by atoms with Crippen LogP contribution in [0.3, 0.4) is 0 Å². The summed E-state index contributed by atoms with van der Waals surface area (Å²) in [5, 5.41) is 4.38. The number of para-hydroxylation sites is 1. The largest absolute Gasteiger partial charge is 0.339 e. The molecule has 0 bridgehead atoms. The van der Waals surface area contributed by atoms with Crippen molar-refractivity contribution in [3.8, 4) is 0 Å². The second-order valence-electron chi connectivity index (χ2n) is 7.61. The number of fused-ring (bicyclic) bond motifs is 2. The minimum atomic E-state index is -3.66. The third kappa shape index (κ3) is 3.74. The van der Waals surface area contributed by atoms with Crippen molar-refractivity contribution in [1.82, 2.24) is 14.3 Å². The smallest absolute Gasteiger partial charge is 0.243 e. The summed E-state index contributed by atoms with van der Waals surface area (Å²) in [5.74, 6) is 0.715. The number of rotatable bonds is 5. The summed E-state index contributed by atoms with van der Waals surface area (Å²) < 4.78 is 27.7. The van der Waals surface area contributed by atoms with Gasteiger partial charge in [0, 0.05) is 35.8 Å². The van der Waals surface area contributed by atoms with E-state index in [1.165, 1.54) is 28.6 Å². The number of aromatic nitrogens is 2. The maximum atomic E-state index is 13.1. The topological polar surface area (TPSA) is 92.3 Å². The van der Waals surface area contributed by atoms with E-state index >= 15 is 0 Å². The Labute approximate surface area is 185 Å². The van der Waals surface area contributed by atoms with Crippen molar-refractivity contribution in [3.05, 3.63) is 89.7 Å². The Hall–Kier alpha value is -3.62. The Balaban J connectivity index is 1.40. The fourth-order valence-corrected chi connectivity index (χ4v) is 5.34. The van der Waals surface area contributed by atoms with Crippen LogP contribution >= 0.6 is 0 Å². The van der Waals surface area contributed by atoms with Gasteiger partial charge in [0.25, 0.3) is 0 Å². The highest BCUT2D eigenvalue weighted by molar-refractivity contribution is 7.89. The number of pyridine rings is 2. The quantitative estimate of drug-likeness (QED) is 0.469. The molecule has 0 aliphatic carbocycles. The minimum absolute atomic E-state index is 0.182. The van der Waals surface area contributed by atoms with Gasteiger partial charge in [0.05, 0.1) is 22.3 Å². The van der Waals surface area contributed by atoms with Gasteiger partial charge < -0.3 is 5.32 Å². The molecular weight excluding hydrogens is 424 g/mol. The highest BCUT2D eigenvalue weighted by atomic mass is 32.2. The van der Waals surface area contributed by atoms with Gasteiger partial charge in [0.1, 0.15) is 12.1 Å². The molecule has 1 N–H and O–H groups in total. The van der Waals surface area contributed by atoms with Gasteiger partial charge in [-0.05, 0) is 42.3 Å². The summed E-state index contributed by atoms with van der Waals surface area (Å²) >= 11 is 0. The number of aldehydes is 1. The van der Waals surface area contributed by atoms with Gasteiger partial charge in [0.15, 0.2) is 0 Å². The van der Waals surface area contributed by atoms with E-state index < -0.39 is 10.0 Å². The molecule has 5 rings (SSSR count). The van der Waals surface area contributed by atoms with Gasteiger partial charge in [-0.1, -0.05) is 30.3 Å². The average molecular weight is 445 g/mol. The second kappa shape index (κ2) is 8.14. The molecule has 0 amide bonds. The van der Waals surface area contributed by atoms with Gasteiger partial charge in [-0.15, -0.1) is 0 Å². The zero-order valence-electron chi connectivity index (χ0n) is 17.1. The molecule has 0 radical (unpaired) electrons. The van der Waals surface area contributed by atoms with Gasteiger partial charge in [-0.25, -0.2) is 13.4 Å². The maximum absolute atomic E-state index is 13.1. The number of anilines is 2. The molecular formula is C24H20N4O3S. The lowest BCUT2D eigenvalue weighted by atomic mass is 10.0. The molecule has 0 saturated heterocycles.